The molecular formula is C27H30N6O. The first-order chi connectivity index (χ1) is 16.5. The summed E-state index contributed by atoms with van der Waals surface area (Å²) in [5.41, 5.74) is 5.10. The number of aromatic nitrogens is 4. The van der Waals surface area contributed by atoms with Crippen LogP contribution in [0.1, 0.15) is 44.2 Å². The van der Waals surface area contributed by atoms with Crippen LogP contribution in [0.15, 0.2) is 60.9 Å². The molecule has 0 spiro atoms. The number of benzene rings is 1. The number of pyridine rings is 1. The highest BCUT2D eigenvalue weighted by atomic mass is 16.3. The summed E-state index contributed by atoms with van der Waals surface area (Å²) < 4.78 is 1.78. The van der Waals surface area contributed by atoms with E-state index in [4.69, 9.17) is 10.1 Å². The third-order valence-electron chi connectivity index (χ3n) is 6.49. The van der Waals surface area contributed by atoms with E-state index in [1.54, 1.807) is 10.7 Å². The Hall–Kier alpha value is -3.87. The average Bonchev–Trinajstić information content (AvgIpc) is 3.48. The van der Waals surface area contributed by atoms with Crippen molar-refractivity contribution in [3.05, 3.63) is 72.1 Å². The third-order valence-corrected chi connectivity index (χ3v) is 6.49. The van der Waals surface area contributed by atoms with Crippen LogP contribution in [0.5, 0.6) is 0 Å². The number of allylic oxidation sites excluding steroid dienone is 1. The largest absolute Gasteiger partial charge is 0.508 e. The molecule has 1 saturated heterocycles. The van der Waals surface area contributed by atoms with Crippen molar-refractivity contribution in [2.75, 3.05) is 16.8 Å². The molecule has 3 aromatic heterocycles. The van der Waals surface area contributed by atoms with Crippen molar-refractivity contribution in [3.8, 4) is 11.3 Å². The smallest absolute Gasteiger partial charge is 0.177 e. The number of rotatable bonds is 6. The zero-order valence-electron chi connectivity index (χ0n) is 19.9. The Balaban J connectivity index is 1.54. The summed E-state index contributed by atoms with van der Waals surface area (Å²) in [6, 6.07) is 14.5. The lowest BCUT2D eigenvalue weighted by Crippen LogP contribution is -2.27. The lowest BCUT2D eigenvalue weighted by atomic mass is 9.98. The molecule has 2 N–H and O–H groups in total. The summed E-state index contributed by atoms with van der Waals surface area (Å²) in [6.45, 7) is 7.31. The highest BCUT2D eigenvalue weighted by molar-refractivity contribution is 5.80. The molecule has 34 heavy (non-hydrogen) atoms. The fraction of sp³-hybridized carbons (Fsp3) is 0.296. The van der Waals surface area contributed by atoms with Crippen LogP contribution in [0.4, 0.5) is 17.3 Å². The Morgan fingerprint density at radius 3 is 2.88 bits per heavy atom. The molecule has 7 heteroatoms. The van der Waals surface area contributed by atoms with E-state index in [1.807, 2.05) is 62.5 Å². The van der Waals surface area contributed by atoms with Crippen molar-refractivity contribution >= 4 is 28.7 Å². The molecule has 1 fully saturated rings. The number of hydrogen-bond donors (Lipinski definition) is 2. The van der Waals surface area contributed by atoms with Gasteiger partial charge < -0.3 is 15.3 Å². The zero-order chi connectivity index (χ0) is 23.7. The second-order valence-corrected chi connectivity index (χ2v) is 8.81. The third kappa shape index (κ3) is 4.09. The minimum absolute atomic E-state index is 0.293. The van der Waals surface area contributed by atoms with E-state index in [9.17, 15) is 5.11 Å². The molecule has 1 atom stereocenters. The molecule has 4 heterocycles. The highest BCUT2D eigenvalue weighted by Gasteiger charge is 2.22. The molecule has 0 aliphatic carbocycles. The van der Waals surface area contributed by atoms with Crippen LogP contribution >= 0.6 is 0 Å². The standard InChI is InChI=1S/C27H30N6O/c1-4-8-24(34)21-11-5-10-20(19(21)3)22-17-23(27-28-14-16-33(27)31-22)29-25-12-6-13-26(30-25)32-15-7-9-18(32)2/h5-6,8,10-14,16-18,34H,4,7,9,15H2,1-3H3,(H,29,30)/b24-8+. The summed E-state index contributed by atoms with van der Waals surface area (Å²) in [5, 5.41) is 18.8. The zero-order valence-corrected chi connectivity index (χ0v) is 19.9. The Labute approximate surface area is 199 Å². The number of nitrogens with one attached hydrogen (secondary N) is 1. The molecule has 0 bridgehead atoms. The van der Waals surface area contributed by atoms with Crippen LogP contribution in [-0.4, -0.2) is 37.3 Å². The summed E-state index contributed by atoms with van der Waals surface area (Å²) in [7, 11) is 0. The molecule has 0 saturated carbocycles. The van der Waals surface area contributed by atoms with Crippen molar-refractivity contribution in [1.29, 1.82) is 0 Å². The van der Waals surface area contributed by atoms with Crippen molar-refractivity contribution < 1.29 is 5.11 Å². The van der Waals surface area contributed by atoms with Crippen LogP contribution in [0.3, 0.4) is 0 Å². The molecule has 1 aliphatic heterocycles. The second-order valence-electron chi connectivity index (χ2n) is 8.81. The minimum Gasteiger partial charge on any atom is -0.508 e. The Morgan fingerprint density at radius 2 is 2.09 bits per heavy atom. The topological polar surface area (TPSA) is 78.6 Å². The van der Waals surface area contributed by atoms with Crippen LogP contribution in [0, 0.1) is 6.92 Å². The number of anilines is 3. The number of hydrogen-bond acceptors (Lipinski definition) is 6. The number of aliphatic hydroxyl groups excluding tert-OH is 1. The molecule has 5 rings (SSSR count). The summed E-state index contributed by atoms with van der Waals surface area (Å²) in [6.07, 6.45) is 8.57. The van der Waals surface area contributed by atoms with Crippen molar-refractivity contribution in [2.45, 2.75) is 46.1 Å². The molecule has 174 valence electrons. The predicted molar refractivity (Wildman–Crippen MR) is 138 cm³/mol. The van der Waals surface area contributed by atoms with E-state index in [2.05, 4.69) is 28.2 Å². The number of nitrogens with zero attached hydrogens (tertiary/aromatic N) is 5. The molecule has 0 radical (unpaired) electrons. The Kier molecular flexibility index (Phi) is 5.92. The van der Waals surface area contributed by atoms with E-state index in [0.717, 1.165) is 58.3 Å². The van der Waals surface area contributed by atoms with Gasteiger partial charge in [0.1, 0.15) is 17.4 Å². The molecule has 1 unspecified atom stereocenters. The fourth-order valence-corrected chi connectivity index (χ4v) is 4.70. The lowest BCUT2D eigenvalue weighted by Gasteiger charge is -2.23. The van der Waals surface area contributed by atoms with Gasteiger partial charge in [-0.15, -0.1) is 0 Å². The van der Waals surface area contributed by atoms with Crippen molar-refractivity contribution in [3.63, 3.8) is 0 Å². The Morgan fingerprint density at radius 1 is 1.24 bits per heavy atom. The first kappa shape index (κ1) is 21.9. The first-order valence-electron chi connectivity index (χ1n) is 11.9. The van der Waals surface area contributed by atoms with Crippen LogP contribution in [-0.2, 0) is 0 Å². The molecule has 7 nitrogen and oxygen atoms in total. The average molecular weight is 455 g/mol. The molecule has 1 aliphatic rings. The molecular weight excluding hydrogens is 424 g/mol. The normalized spacial score (nSPS) is 16.4. The minimum atomic E-state index is 0.293. The second kappa shape index (κ2) is 9.17. The molecule has 4 aromatic rings. The van der Waals surface area contributed by atoms with Gasteiger partial charge in [0.15, 0.2) is 5.65 Å². The number of imidazole rings is 1. The van der Waals surface area contributed by atoms with Crippen molar-refractivity contribution in [2.24, 2.45) is 0 Å². The van der Waals surface area contributed by atoms with E-state index in [-0.39, 0.29) is 0 Å². The monoisotopic (exact) mass is 454 g/mol. The van der Waals surface area contributed by atoms with Crippen LogP contribution in [0.2, 0.25) is 0 Å². The fourth-order valence-electron chi connectivity index (χ4n) is 4.70. The van der Waals surface area contributed by atoms with Gasteiger partial charge in [-0.05, 0) is 62.9 Å². The number of fused-ring (bicyclic) bond motifs is 1. The van der Waals surface area contributed by atoms with E-state index in [1.165, 1.54) is 12.8 Å². The van der Waals surface area contributed by atoms with Crippen molar-refractivity contribution in [1.82, 2.24) is 19.6 Å². The summed E-state index contributed by atoms with van der Waals surface area (Å²) in [4.78, 5) is 11.8. The van der Waals surface area contributed by atoms with Gasteiger partial charge in [0, 0.05) is 36.1 Å². The maximum absolute atomic E-state index is 10.5. The van der Waals surface area contributed by atoms with Gasteiger partial charge in [-0.3, -0.25) is 0 Å². The van der Waals surface area contributed by atoms with Gasteiger partial charge in [0.05, 0.1) is 11.4 Å². The van der Waals surface area contributed by atoms with Gasteiger partial charge >= 0.3 is 0 Å². The SMILES string of the molecule is CC/C=C(/O)c1cccc(-c2cc(Nc3cccc(N4CCCC4C)n3)c3nccn3n2)c1C. The summed E-state index contributed by atoms with van der Waals surface area (Å²) in [5.74, 6) is 2.05. The molecule has 1 aromatic carbocycles. The predicted octanol–water partition coefficient (Wildman–Crippen LogP) is 6.14. The van der Waals surface area contributed by atoms with Crippen LogP contribution in [0.25, 0.3) is 22.7 Å². The van der Waals surface area contributed by atoms with E-state index in [0.29, 0.717) is 11.8 Å². The van der Waals surface area contributed by atoms with Gasteiger partial charge in [0.2, 0.25) is 0 Å². The van der Waals surface area contributed by atoms with Gasteiger partial charge in [0.25, 0.3) is 0 Å². The van der Waals surface area contributed by atoms with Crippen LogP contribution < -0.4 is 10.2 Å². The van der Waals surface area contributed by atoms with Gasteiger partial charge in [-0.1, -0.05) is 31.2 Å². The Bertz CT molecular complexity index is 1360. The quantitative estimate of drug-likeness (QED) is 0.341. The van der Waals surface area contributed by atoms with E-state index < -0.39 is 0 Å². The maximum atomic E-state index is 10.5. The summed E-state index contributed by atoms with van der Waals surface area (Å²) >= 11 is 0. The lowest BCUT2D eigenvalue weighted by molar-refractivity contribution is 0.509. The maximum Gasteiger partial charge on any atom is 0.177 e. The number of aliphatic hydroxyl groups is 1. The first-order valence-corrected chi connectivity index (χ1v) is 11.9. The van der Waals surface area contributed by atoms with E-state index >= 15 is 0 Å². The molecule has 0 amide bonds. The van der Waals surface area contributed by atoms with Gasteiger partial charge in [-0.25, -0.2) is 14.5 Å². The highest BCUT2D eigenvalue weighted by Crippen LogP contribution is 2.31. The van der Waals surface area contributed by atoms with Gasteiger partial charge in [-0.2, -0.15) is 5.10 Å².